The second kappa shape index (κ2) is 8.77. The zero-order valence-electron chi connectivity index (χ0n) is 17.1. The monoisotopic (exact) mass is 408 g/mol. The molecule has 1 heterocycles. The molecule has 0 spiro atoms. The zero-order chi connectivity index (χ0) is 21.8. The highest BCUT2D eigenvalue weighted by Gasteiger charge is 2.17. The summed E-state index contributed by atoms with van der Waals surface area (Å²) in [5.74, 6) is -1.73. The van der Waals surface area contributed by atoms with Crippen LogP contribution in [0, 0.1) is 0 Å². The molecule has 0 aliphatic carbocycles. The molecule has 0 radical (unpaired) electrons. The number of hydrogen-bond donors (Lipinski definition) is 2. The minimum Gasteiger partial charge on any atom is -0.476 e. The fraction of sp³-hybridized carbons (Fsp3) is 0.273. The lowest BCUT2D eigenvalue weighted by Gasteiger charge is -2.27. The molecule has 2 N–H and O–H groups in total. The number of aromatic nitrogens is 2. The highest BCUT2D eigenvalue weighted by atomic mass is 16.4. The van der Waals surface area contributed by atoms with Gasteiger partial charge in [-0.15, -0.1) is 0 Å². The van der Waals surface area contributed by atoms with E-state index < -0.39 is 24.0 Å². The van der Waals surface area contributed by atoms with E-state index in [2.05, 4.69) is 36.1 Å². The minimum atomic E-state index is -1.26. The molecular weight excluding hydrogens is 384 g/mol. The molecular formula is C22H24N4O4. The Morgan fingerprint density at radius 3 is 2.30 bits per heavy atom. The average molecular weight is 408 g/mol. The first kappa shape index (κ1) is 21.0. The molecule has 30 heavy (non-hydrogen) atoms. The number of carboxylic acids is 1. The van der Waals surface area contributed by atoms with Gasteiger partial charge in [-0.1, -0.05) is 18.2 Å². The van der Waals surface area contributed by atoms with Crippen LogP contribution in [0.4, 0.5) is 11.4 Å². The molecule has 0 saturated heterocycles. The summed E-state index contributed by atoms with van der Waals surface area (Å²) in [4.78, 5) is 38.8. The van der Waals surface area contributed by atoms with Crippen molar-refractivity contribution >= 4 is 34.0 Å². The minimum absolute atomic E-state index is 0.204. The van der Waals surface area contributed by atoms with Crippen molar-refractivity contribution in [2.75, 3.05) is 16.8 Å². The topological polar surface area (TPSA) is 105 Å². The first-order valence-corrected chi connectivity index (χ1v) is 9.71. The van der Waals surface area contributed by atoms with Crippen LogP contribution in [0.15, 0.2) is 53.3 Å². The number of nitrogens with one attached hydrogen (secondary N) is 1. The highest BCUT2D eigenvalue weighted by molar-refractivity contribution is 6.01. The molecule has 156 valence electrons. The van der Waals surface area contributed by atoms with Crippen LogP contribution in [-0.4, -0.2) is 39.4 Å². The summed E-state index contributed by atoms with van der Waals surface area (Å²) in [5, 5.41) is 16.5. The quantitative estimate of drug-likeness (QED) is 0.623. The van der Waals surface area contributed by atoms with Gasteiger partial charge in [0.05, 0.1) is 5.39 Å². The summed E-state index contributed by atoms with van der Waals surface area (Å²) in [5.41, 5.74) is 0.840. The second-order valence-electron chi connectivity index (χ2n) is 7.14. The van der Waals surface area contributed by atoms with Gasteiger partial charge < -0.3 is 15.3 Å². The lowest BCUT2D eigenvalue weighted by molar-refractivity contribution is -0.117. The number of nitrogens with zero attached hydrogens (tertiary/aromatic N) is 3. The van der Waals surface area contributed by atoms with Crippen LogP contribution in [-0.2, 0) is 11.3 Å². The highest BCUT2D eigenvalue weighted by Crippen LogP contribution is 2.20. The predicted octanol–water partition coefficient (Wildman–Crippen LogP) is 2.97. The summed E-state index contributed by atoms with van der Waals surface area (Å²) in [6.45, 7) is 6.78. The number of benzene rings is 2. The molecule has 0 saturated carbocycles. The maximum absolute atomic E-state index is 12.6. The van der Waals surface area contributed by atoms with Crippen molar-refractivity contribution in [2.24, 2.45) is 0 Å². The molecule has 8 nitrogen and oxygen atoms in total. The second-order valence-corrected chi connectivity index (χ2v) is 7.14. The third-order valence-corrected chi connectivity index (χ3v) is 4.81. The maximum atomic E-state index is 12.6. The standard InChI is InChI=1S/C22H24N4O4/c1-4-25(14(2)3)16-11-9-15(10-12-16)23-19(27)13-26-21(28)18-8-6-5-7-17(18)20(24-26)22(29)30/h5-12,14H,4,13H2,1-3H3,(H,23,27)(H,29,30). The summed E-state index contributed by atoms with van der Waals surface area (Å²) in [7, 11) is 0. The third kappa shape index (κ3) is 4.32. The van der Waals surface area contributed by atoms with E-state index in [9.17, 15) is 19.5 Å². The first-order chi connectivity index (χ1) is 14.3. The van der Waals surface area contributed by atoms with E-state index in [0.29, 0.717) is 11.7 Å². The number of hydrogen-bond acceptors (Lipinski definition) is 5. The van der Waals surface area contributed by atoms with Crippen molar-refractivity contribution in [1.82, 2.24) is 9.78 Å². The Labute approximate surface area is 173 Å². The number of carboxylic acid groups (broad SMARTS) is 1. The largest absolute Gasteiger partial charge is 0.476 e. The van der Waals surface area contributed by atoms with Crippen molar-refractivity contribution in [3.8, 4) is 0 Å². The normalized spacial score (nSPS) is 10.9. The molecule has 0 bridgehead atoms. The predicted molar refractivity (Wildman–Crippen MR) is 116 cm³/mol. The van der Waals surface area contributed by atoms with E-state index in [4.69, 9.17) is 0 Å². The zero-order valence-corrected chi connectivity index (χ0v) is 17.1. The number of amides is 1. The van der Waals surface area contributed by atoms with E-state index in [1.54, 1.807) is 24.3 Å². The summed E-state index contributed by atoms with van der Waals surface area (Å²) < 4.78 is 0.882. The van der Waals surface area contributed by atoms with Crippen LogP contribution in [0.1, 0.15) is 31.3 Å². The van der Waals surface area contributed by atoms with Crippen molar-refractivity contribution in [3.05, 3.63) is 64.6 Å². The molecule has 3 rings (SSSR count). The molecule has 8 heteroatoms. The molecule has 0 fully saturated rings. The molecule has 0 unspecified atom stereocenters. The van der Waals surface area contributed by atoms with Crippen molar-refractivity contribution in [2.45, 2.75) is 33.4 Å². The van der Waals surface area contributed by atoms with Gasteiger partial charge in [-0.05, 0) is 51.1 Å². The van der Waals surface area contributed by atoms with Gasteiger partial charge in [0.2, 0.25) is 5.91 Å². The Bertz CT molecular complexity index is 1140. The molecule has 0 aliphatic rings. The molecule has 3 aromatic rings. The Morgan fingerprint density at radius 1 is 1.10 bits per heavy atom. The van der Waals surface area contributed by atoms with Gasteiger partial charge in [0.15, 0.2) is 5.69 Å². The Balaban J connectivity index is 1.81. The van der Waals surface area contributed by atoms with Gasteiger partial charge in [-0.2, -0.15) is 5.10 Å². The molecule has 1 amide bonds. The fourth-order valence-electron chi connectivity index (χ4n) is 3.42. The number of carbonyl (C=O) groups is 2. The SMILES string of the molecule is CCN(c1ccc(NC(=O)Cn2nc(C(=O)O)c3ccccc3c2=O)cc1)C(C)C. The number of carbonyl (C=O) groups excluding carboxylic acids is 1. The fourth-order valence-corrected chi connectivity index (χ4v) is 3.42. The summed E-state index contributed by atoms with van der Waals surface area (Å²) >= 11 is 0. The van der Waals surface area contributed by atoms with Crippen LogP contribution in [0.25, 0.3) is 10.8 Å². The molecule has 2 aromatic carbocycles. The average Bonchev–Trinajstić information content (AvgIpc) is 2.71. The van der Waals surface area contributed by atoms with Gasteiger partial charge in [-0.3, -0.25) is 9.59 Å². The Morgan fingerprint density at radius 2 is 1.73 bits per heavy atom. The number of rotatable bonds is 7. The van der Waals surface area contributed by atoms with Crippen LogP contribution < -0.4 is 15.8 Å². The number of fused-ring (bicyclic) bond motifs is 1. The van der Waals surface area contributed by atoms with E-state index in [1.807, 2.05) is 12.1 Å². The summed E-state index contributed by atoms with van der Waals surface area (Å²) in [6.07, 6.45) is 0. The van der Waals surface area contributed by atoms with Crippen molar-refractivity contribution in [1.29, 1.82) is 0 Å². The van der Waals surface area contributed by atoms with E-state index >= 15 is 0 Å². The summed E-state index contributed by atoms with van der Waals surface area (Å²) in [6, 6.07) is 14.1. The van der Waals surface area contributed by atoms with Crippen molar-refractivity contribution in [3.63, 3.8) is 0 Å². The molecule has 1 aromatic heterocycles. The Hall–Kier alpha value is -3.68. The smallest absolute Gasteiger partial charge is 0.357 e. The third-order valence-electron chi connectivity index (χ3n) is 4.81. The van der Waals surface area contributed by atoms with Gasteiger partial charge in [0.25, 0.3) is 5.56 Å². The Kier molecular flexibility index (Phi) is 6.15. The van der Waals surface area contributed by atoms with Crippen LogP contribution >= 0.6 is 0 Å². The van der Waals surface area contributed by atoms with Gasteiger partial charge in [0, 0.05) is 29.3 Å². The van der Waals surface area contributed by atoms with Crippen molar-refractivity contribution < 1.29 is 14.7 Å². The maximum Gasteiger partial charge on any atom is 0.357 e. The van der Waals surface area contributed by atoms with Crippen LogP contribution in [0.2, 0.25) is 0 Å². The van der Waals surface area contributed by atoms with Gasteiger partial charge >= 0.3 is 5.97 Å². The van der Waals surface area contributed by atoms with Crippen LogP contribution in [0.5, 0.6) is 0 Å². The first-order valence-electron chi connectivity index (χ1n) is 9.71. The number of anilines is 2. The molecule has 0 aliphatic heterocycles. The molecule has 0 atom stereocenters. The van der Waals surface area contributed by atoms with Gasteiger partial charge in [0.1, 0.15) is 6.54 Å². The number of aromatic carboxylic acids is 1. The van der Waals surface area contributed by atoms with Gasteiger partial charge in [-0.25, -0.2) is 9.48 Å². The van der Waals surface area contributed by atoms with E-state index in [0.717, 1.165) is 16.9 Å². The lowest BCUT2D eigenvalue weighted by atomic mass is 10.1. The van der Waals surface area contributed by atoms with E-state index in [-0.39, 0.29) is 16.5 Å². The van der Waals surface area contributed by atoms with Crippen LogP contribution in [0.3, 0.4) is 0 Å². The lowest BCUT2D eigenvalue weighted by Crippen LogP contribution is -2.31. The van der Waals surface area contributed by atoms with E-state index in [1.165, 1.54) is 12.1 Å².